The Hall–Kier alpha value is -3.72. The Morgan fingerprint density at radius 3 is 1.33 bits per heavy atom. The first-order valence-corrected chi connectivity index (χ1v) is 17.6. The molecule has 0 saturated heterocycles. The van der Waals surface area contributed by atoms with Gasteiger partial charge in [0, 0.05) is 10.8 Å². The molecule has 2 aliphatic rings. The van der Waals surface area contributed by atoms with Crippen molar-refractivity contribution in [2.24, 2.45) is 0 Å². The fourth-order valence-corrected chi connectivity index (χ4v) is 7.65. The number of fused-ring (bicyclic) bond motifs is 2. The quantitative estimate of drug-likeness (QED) is 0.218. The van der Waals surface area contributed by atoms with E-state index in [1.807, 2.05) is 12.1 Å². The van der Waals surface area contributed by atoms with E-state index >= 15 is 0 Å². The normalized spacial score (nSPS) is 22.1. The summed E-state index contributed by atoms with van der Waals surface area (Å²) in [5.74, 6) is 0. The van der Waals surface area contributed by atoms with Crippen LogP contribution in [-0.4, -0.2) is 22.4 Å². The first-order valence-electron chi connectivity index (χ1n) is 17.6. The molecule has 0 bridgehead atoms. The largest absolute Gasteiger partial charge is 0.392 e. The van der Waals surface area contributed by atoms with E-state index in [1.165, 1.54) is 55.7 Å². The van der Waals surface area contributed by atoms with Gasteiger partial charge in [0.2, 0.25) is 0 Å². The summed E-state index contributed by atoms with van der Waals surface area (Å²) in [6.45, 7) is 21.9. The highest BCUT2D eigenvalue weighted by molar-refractivity contribution is 5.81. The standard InChI is InChI=1S/2C23H28O/c1-16(13-17-9-7-6-8-10-17)18-11-12-19-20(14-18)22(2,3)15-21(24)23(19,4)5;1-16(13-17-9-7-6-8-10-17)18-11-12-19-20(14-18)23(4,5)21(24)15-22(19,2)3/h2*6-14,21,24H,15H2,1-5H3/b2*16-13+. The van der Waals surface area contributed by atoms with Crippen LogP contribution in [0.15, 0.2) is 97.1 Å². The van der Waals surface area contributed by atoms with Gasteiger partial charge in [-0.3, -0.25) is 0 Å². The molecule has 2 N–H and O–H groups in total. The van der Waals surface area contributed by atoms with Crippen LogP contribution in [-0.2, 0) is 21.7 Å². The van der Waals surface area contributed by atoms with Gasteiger partial charge in [0.05, 0.1) is 12.2 Å². The molecule has 0 spiro atoms. The van der Waals surface area contributed by atoms with Gasteiger partial charge in [0.1, 0.15) is 0 Å². The van der Waals surface area contributed by atoms with Crippen LogP contribution in [0.4, 0.5) is 0 Å². The Morgan fingerprint density at radius 1 is 0.500 bits per heavy atom. The Kier molecular flexibility index (Phi) is 9.86. The summed E-state index contributed by atoms with van der Waals surface area (Å²) < 4.78 is 0. The second-order valence-corrected chi connectivity index (χ2v) is 16.6. The van der Waals surface area contributed by atoms with Gasteiger partial charge >= 0.3 is 0 Å². The SMILES string of the molecule is C/C(=C\c1ccccc1)c1ccc2c(c1)C(C)(C)C(O)CC2(C)C.C/C(=C\c1ccccc1)c1ccc2c(c1)C(C)(C)CC(O)C2(C)C. The monoisotopic (exact) mass is 640 g/mol. The molecule has 0 radical (unpaired) electrons. The van der Waals surface area contributed by atoms with Crippen molar-refractivity contribution >= 4 is 23.3 Å². The lowest BCUT2D eigenvalue weighted by molar-refractivity contribution is 0.0581. The molecule has 0 fully saturated rings. The molecule has 2 aliphatic carbocycles. The van der Waals surface area contributed by atoms with E-state index in [1.54, 1.807) is 0 Å². The Labute approximate surface area is 290 Å². The molecule has 2 heteroatoms. The van der Waals surface area contributed by atoms with Gasteiger partial charge in [0.25, 0.3) is 0 Å². The smallest absolute Gasteiger partial charge is 0.0639 e. The fraction of sp³-hybridized carbons (Fsp3) is 0.391. The van der Waals surface area contributed by atoms with Crippen LogP contribution in [0.5, 0.6) is 0 Å². The number of hydrogen-bond acceptors (Lipinski definition) is 2. The zero-order chi connectivity index (χ0) is 35.1. The van der Waals surface area contributed by atoms with Gasteiger partial charge in [-0.2, -0.15) is 0 Å². The number of rotatable bonds is 4. The molecule has 0 aromatic heterocycles. The third-order valence-corrected chi connectivity index (χ3v) is 11.2. The predicted octanol–water partition coefficient (Wildman–Crippen LogP) is 11.1. The number of benzene rings is 4. The van der Waals surface area contributed by atoms with Gasteiger partial charge in [0.15, 0.2) is 0 Å². The highest BCUT2D eigenvalue weighted by atomic mass is 16.3. The molecule has 2 atom stereocenters. The van der Waals surface area contributed by atoms with E-state index in [9.17, 15) is 10.2 Å². The molecule has 0 heterocycles. The maximum atomic E-state index is 10.7. The van der Waals surface area contributed by atoms with Gasteiger partial charge < -0.3 is 10.2 Å². The van der Waals surface area contributed by atoms with Crippen LogP contribution in [0.2, 0.25) is 0 Å². The lowest BCUT2D eigenvalue weighted by atomic mass is 9.61. The maximum Gasteiger partial charge on any atom is 0.0639 e. The van der Waals surface area contributed by atoms with Gasteiger partial charge in [-0.15, -0.1) is 0 Å². The van der Waals surface area contributed by atoms with E-state index in [4.69, 9.17) is 0 Å². The van der Waals surface area contributed by atoms with Crippen molar-refractivity contribution < 1.29 is 10.2 Å². The van der Waals surface area contributed by atoms with E-state index in [2.05, 4.69) is 166 Å². The molecule has 0 amide bonds. The fourth-order valence-electron chi connectivity index (χ4n) is 7.65. The summed E-state index contributed by atoms with van der Waals surface area (Å²) in [4.78, 5) is 0. The first-order chi connectivity index (χ1) is 22.4. The van der Waals surface area contributed by atoms with Crippen LogP contribution in [0.25, 0.3) is 23.3 Å². The van der Waals surface area contributed by atoms with E-state index in [0.29, 0.717) is 0 Å². The minimum Gasteiger partial charge on any atom is -0.392 e. The molecule has 48 heavy (non-hydrogen) atoms. The predicted molar refractivity (Wildman–Crippen MR) is 206 cm³/mol. The Bertz CT molecular complexity index is 1800. The van der Waals surface area contributed by atoms with Crippen molar-refractivity contribution in [2.45, 2.75) is 116 Å². The molecule has 4 aromatic rings. The van der Waals surface area contributed by atoms with Crippen molar-refractivity contribution in [2.75, 3.05) is 0 Å². The van der Waals surface area contributed by atoms with E-state index in [0.717, 1.165) is 12.8 Å². The van der Waals surface area contributed by atoms with Gasteiger partial charge in [-0.1, -0.05) is 165 Å². The molecule has 4 aromatic carbocycles. The molecule has 2 nitrogen and oxygen atoms in total. The topological polar surface area (TPSA) is 40.5 Å². The van der Waals surface area contributed by atoms with Gasteiger partial charge in [-0.25, -0.2) is 0 Å². The summed E-state index contributed by atoms with van der Waals surface area (Å²) in [7, 11) is 0. The summed E-state index contributed by atoms with van der Waals surface area (Å²) in [5.41, 5.74) is 12.4. The van der Waals surface area contributed by atoms with Crippen LogP contribution < -0.4 is 0 Å². The molecule has 6 rings (SSSR count). The van der Waals surface area contributed by atoms with Crippen LogP contribution in [0.1, 0.15) is 127 Å². The second-order valence-electron chi connectivity index (χ2n) is 16.6. The van der Waals surface area contributed by atoms with Crippen molar-refractivity contribution in [1.29, 1.82) is 0 Å². The van der Waals surface area contributed by atoms with Crippen LogP contribution in [0, 0.1) is 0 Å². The van der Waals surface area contributed by atoms with Crippen molar-refractivity contribution in [1.82, 2.24) is 0 Å². The second kappa shape index (κ2) is 13.3. The lowest BCUT2D eigenvalue weighted by Gasteiger charge is -2.45. The molecule has 2 unspecified atom stereocenters. The van der Waals surface area contributed by atoms with Crippen molar-refractivity contribution in [3.63, 3.8) is 0 Å². The van der Waals surface area contributed by atoms with Crippen molar-refractivity contribution in [3.8, 4) is 0 Å². The van der Waals surface area contributed by atoms with Crippen LogP contribution >= 0.6 is 0 Å². The van der Waals surface area contributed by atoms with E-state index in [-0.39, 0.29) is 33.9 Å². The number of hydrogen-bond donors (Lipinski definition) is 2. The van der Waals surface area contributed by atoms with E-state index < -0.39 is 0 Å². The first kappa shape index (κ1) is 35.6. The average molecular weight is 641 g/mol. The molecule has 252 valence electrons. The number of aliphatic hydroxyl groups excluding tert-OH is 2. The number of allylic oxidation sites excluding steroid dienone is 2. The molecule has 0 saturated carbocycles. The minimum absolute atomic E-state index is 0.00664. The number of aliphatic hydroxyl groups is 2. The Balaban J connectivity index is 0.000000188. The van der Waals surface area contributed by atoms with Crippen molar-refractivity contribution in [3.05, 3.63) is 142 Å². The summed E-state index contributed by atoms with van der Waals surface area (Å²) >= 11 is 0. The van der Waals surface area contributed by atoms with Crippen LogP contribution in [0.3, 0.4) is 0 Å². The average Bonchev–Trinajstić information content (AvgIpc) is 3.04. The maximum absolute atomic E-state index is 10.7. The molecule has 0 aliphatic heterocycles. The molecular weight excluding hydrogens is 585 g/mol. The highest BCUT2D eigenvalue weighted by Crippen LogP contribution is 2.48. The summed E-state index contributed by atoms with van der Waals surface area (Å²) in [5, 5.41) is 21.3. The zero-order valence-electron chi connectivity index (χ0n) is 30.9. The molecular formula is C46H56O2. The summed E-state index contributed by atoms with van der Waals surface area (Å²) in [6.07, 6.45) is 5.46. The zero-order valence-corrected chi connectivity index (χ0v) is 30.9. The lowest BCUT2D eigenvalue weighted by Crippen LogP contribution is -2.45. The van der Waals surface area contributed by atoms with Gasteiger partial charge in [-0.05, 0) is 93.2 Å². The minimum atomic E-state index is -0.311. The summed E-state index contributed by atoms with van der Waals surface area (Å²) in [6, 6.07) is 34.4. The third-order valence-electron chi connectivity index (χ3n) is 11.2. The Morgan fingerprint density at radius 2 is 0.875 bits per heavy atom. The third kappa shape index (κ3) is 7.16. The highest BCUT2D eigenvalue weighted by Gasteiger charge is 2.44.